The maximum Gasteiger partial charge on any atom is 0.257 e. The number of pyridine rings is 1. The van der Waals surface area contributed by atoms with E-state index < -0.39 is 0 Å². The summed E-state index contributed by atoms with van der Waals surface area (Å²) in [6.45, 7) is 5.20. The van der Waals surface area contributed by atoms with Crippen LogP contribution in [-0.2, 0) is 6.54 Å². The number of hydrogen-bond donors (Lipinski definition) is 1. The molecule has 1 aromatic heterocycles. The van der Waals surface area contributed by atoms with E-state index in [-0.39, 0.29) is 39.1 Å². The van der Waals surface area contributed by atoms with E-state index in [0.717, 1.165) is 30.3 Å². The summed E-state index contributed by atoms with van der Waals surface area (Å²) >= 11 is 0. The molecular formula is C29H31FN2O2. The van der Waals surface area contributed by atoms with E-state index in [1.807, 2.05) is 22.8 Å². The molecule has 0 aliphatic heterocycles. The standard InChI is InChI=1S/C29H31FN2O2/c1-27-11-20-12-28(2,16-27)18-29(13-20,17-27)31-26(34)23-15-32(14-19-7-9-21(30)10-8-19)24-6-4-3-5-22(24)25(23)33/h3-10,15,20H,11-14,16-18H2,1-2H3,(H,31,34)/t20?,27-,28+,29?. The van der Waals surface area contributed by atoms with Crippen molar-refractivity contribution in [2.45, 2.75) is 64.5 Å². The van der Waals surface area contributed by atoms with Gasteiger partial charge in [0.2, 0.25) is 5.43 Å². The first-order valence-electron chi connectivity index (χ1n) is 12.3. The number of amides is 1. The molecule has 4 aliphatic carbocycles. The van der Waals surface area contributed by atoms with E-state index in [2.05, 4.69) is 19.2 Å². The van der Waals surface area contributed by atoms with Crippen molar-refractivity contribution in [3.63, 3.8) is 0 Å². The molecule has 4 nitrogen and oxygen atoms in total. The fraction of sp³-hybridized carbons (Fsp3) is 0.448. The normalized spacial score (nSPS) is 31.7. The highest BCUT2D eigenvalue weighted by atomic mass is 19.1. The molecule has 0 saturated heterocycles. The minimum absolute atomic E-state index is 0.187. The molecule has 7 rings (SSSR count). The second-order valence-electron chi connectivity index (χ2n) is 12.0. The van der Waals surface area contributed by atoms with Gasteiger partial charge in [0.15, 0.2) is 0 Å². The van der Waals surface area contributed by atoms with Crippen LogP contribution in [0.4, 0.5) is 4.39 Å². The van der Waals surface area contributed by atoms with E-state index in [9.17, 15) is 14.0 Å². The van der Waals surface area contributed by atoms with Crippen LogP contribution in [-0.4, -0.2) is 16.0 Å². The number of rotatable bonds is 4. The van der Waals surface area contributed by atoms with E-state index in [1.165, 1.54) is 31.4 Å². The van der Waals surface area contributed by atoms with Crippen molar-refractivity contribution in [1.29, 1.82) is 0 Å². The second-order valence-corrected chi connectivity index (χ2v) is 12.0. The summed E-state index contributed by atoms with van der Waals surface area (Å²) in [5, 5.41) is 3.92. The first-order valence-corrected chi connectivity index (χ1v) is 12.3. The predicted octanol–water partition coefficient (Wildman–Crippen LogP) is 5.67. The van der Waals surface area contributed by atoms with Gasteiger partial charge in [0.25, 0.3) is 5.91 Å². The van der Waals surface area contributed by atoms with Gasteiger partial charge in [-0.1, -0.05) is 38.1 Å². The fourth-order valence-corrected chi connectivity index (χ4v) is 8.32. The summed E-state index contributed by atoms with van der Waals surface area (Å²) in [6, 6.07) is 13.7. The minimum Gasteiger partial charge on any atom is -0.346 e. The van der Waals surface area contributed by atoms with Crippen LogP contribution in [0.25, 0.3) is 10.9 Å². The number of para-hydroxylation sites is 1. The Morgan fingerprint density at radius 2 is 1.68 bits per heavy atom. The smallest absolute Gasteiger partial charge is 0.257 e. The summed E-state index contributed by atoms with van der Waals surface area (Å²) in [7, 11) is 0. The number of halogens is 1. The van der Waals surface area contributed by atoms with Gasteiger partial charge in [-0.15, -0.1) is 0 Å². The highest BCUT2D eigenvalue weighted by molar-refractivity contribution is 5.97. The van der Waals surface area contributed by atoms with Crippen molar-refractivity contribution in [3.05, 3.63) is 81.9 Å². The first kappa shape index (κ1) is 21.6. The van der Waals surface area contributed by atoms with Crippen molar-refractivity contribution < 1.29 is 9.18 Å². The zero-order valence-corrected chi connectivity index (χ0v) is 19.9. The molecule has 2 aromatic carbocycles. The lowest BCUT2D eigenvalue weighted by atomic mass is 9.43. The number of hydrogen-bond acceptors (Lipinski definition) is 2. The third-order valence-corrected chi connectivity index (χ3v) is 8.50. The van der Waals surface area contributed by atoms with E-state index >= 15 is 0 Å². The lowest BCUT2D eigenvalue weighted by Gasteiger charge is -2.65. The van der Waals surface area contributed by atoms with Crippen molar-refractivity contribution >= 4 is 16.8 Å². The molecule has 4 atom stereocenters. The van der Waals surface area contributed by atoms with Crippen molar-refractivity contribution in [3.8, 4) is 0 Å². The number of benzene rings is 2. The topological polar surface area (TPSA) is 51.1 Å². The zero-order valence-electron chi connectivity index (χ0n) is 19.9. The van der Waals surface area contributed by atoms with E-state index in [0.29, 0.717) is 17.8 Å². The van der Waals surface area contributed by atoms with Crippen LogP contribution in [0.15, 0.2) is 59.5 Å². The Bertz CT molecular complexity index is 1340. The molecule has 3 aromatic rings. The quantitative estimate of drug-likeness (QED) is 0.548. The van der Waals surface area contributed by atoms with Crippen molar-refractivity contribution in [1.82, 2.24) is 9.88 Å². The molecule has 1 N–H and O–H groups in total. The summed E-state index contributed by atoms with van der Waals surface area (Å²) in [5.41, 5.74) is 1.95. The molecule has 4 bridgehead atoms. The molecule has 0 spiro atoms. The number of nitrogens with one attached hydrogen (secondary N) is 1. The lowest BCUT2D eigenvalue weighted by molar-refractivity contribution is -0.114. The summed E-state index contributed by atoms with van der Waals surface area (Å²) < 4.78 is 15.3. The van der Waals surface area contributed by atoms with Crippen LogP contribution in [0.2, 0.25) is 0 Å². The number of nitrogens with zero attached hydrogens (tertiary/aromatic N) is 1. The van der Waals surface area contributed by atoms with Crippen LogP contribution in [0.3, 0.4) is 0 Å². The highest BCUT2D eigenvalue weighted by Crippen LogP contribution is 2.66. The molecular weight excluding hydrogens is 427 g/mol. The molecule has 34 heavy (non-hydrogen) atoms. The van der Waals surface area contributed by atoms with Gasteiger partial charge in [-0.2, -0.15) is 0 Å². The molecule has 1 heterocycles. The van der Waals surface area contributed by atoms with Crippen LogP contribution < -0.4 is 10.7 Å². The van der Waals surface area contributed by atoms with Gasteiger partial charge < -0.3 is 9.88 Å². The number of carbonyl (C=O) groups is 1. The monoisotopic (exact) mass is 458 g/mol. The van der Waals surface area contributed by atoms with Gasteiger partial charge in [0.05, 0.1) is 5.52 Å². The molecule has 2 unspecified atom stereocenters. The minimum atomic E-state index is -0.286. The second kappa shape index (κ2) is 7.27. The third-order valence-electron chi connectivity index (χ3n) is 8.50. The molecule has 176 valence electrons. The average molecular weight is 459 g/mol. The van der Waals surface area contributed by atoms with Gasteiger partial charge in [0.1, 0.15) is 11.4 Å². The van der Waals surface area contributed by atoms with Crippen LogP contribution >= 0.6 is 0 Å². The van der Waals surface area contributed by atoms with Gasteiger partial charge >= 0.3 is 0 Å². The molecule has 4 aliphatic rings. The Kier molecular flexibility index (Phi) is 4.61. The Morgan fingerprint density at radius 1 is 1.00 bits per heavy atom. The Labute approximate surface area is 199 Å². The highest BCUT2D eigenvalue weighted by Gasteiger charge is 2.60. The summed E-state index contributed by atoms with van der Waals surface area (Å²) in [6.07, 6.45) is 8.43. The lowest BCUT2D eigenvalue weighted by Crippen LogP contribution is -2.65. The summed E-state index contributed by atoms with van der Waals surface area (Å²) in [4.78, 5) is 27.1. The van der Waals surface area contributed by atoms with Gasteiger partial charge in [0, 0.05) is 23.7 Å². The van der Waals surface area contributed by atoms with Gasteiger partial charge in [-0.25, -0.2) is 4.39 Å². The maximum absolute atomic E-state index is 13.7. The average Bonchev–Trinajstić information content (AvgIpc) is 2.74. The molecule has 4 fully saturated rings. The van der Waals surface area contributed by atoms with Crippen molar-refractivity contribution in [2.75, 3.05) is 0 Å². The fourth-order valence-electron chi connectivity index (χ4n) is 8.32. The zero-order chi connectivity index (χ0) is 23.7. The Balaban J connectivity index is 1.38. The largest absolute Gasteiger partial charge is 0.346 e. The number of carbonyl (C=O) groups excluding carboxylic acids is 1. The maximum atomic E-state index is 13.7. The molecule has 5 heteroatoms. The van der Waals surface area contributed by atoms with Crippen LogP contribution in [0, 0.1) is 22.6 Å². The Hall–Kier alpha value is -2.95. The van der Waals surface area contributed by atoms with Crippen LogP contribution in [0.1, 0.15) is 68.3 Å². The van der Waals surface area contributed by atoms with Gasteiger partial charge in [-0.05, 0) is 85.1 Å². The first-order chi connectivity index (χ1) is 16.1. The van der Waals surface area contributed by atoms with Crippen LogP contribution in [0.5, 0.6) is 0 Å². The molecule has 1 amide bonds. The van der Waals surface area contributed by atoms with Gasteiger partial charge in [-0.3, -0.25) is 9.59 Å². The van der Waals surface area contributed by atoms with E-state index in [4.69, 9.17) is 0 Å². The van der Waals surface area contributed by atoms with Crippen molar-refractivity contribution in [2.24, 2.45) is 16.7 Å². The molecule has 4 saturated carbocycles. The summed E-state index contributed by atoms with van der Waals surface area (Å²) in [5.74, 6) is 0.0996. The number of fused-ring (bicyclic) bond motifs is 1. The third kappa shape index (κ3) is 3.57. The molecule has 0 radical (unpaired) electrons. The predicted molar refractivity (Wildman–Crippen MR) is 131 cm³/mol. The number of aromatic nitrogens is 1. The van der Waals surface area contributed by atoms with E-state index in [1.54, 1.807) is 24.4 Å². The Morgan fingerprint density at radius 3 is 2.35 bits per heavy atom. The SMILES string of the molecule is C[C@]12CC3CC(NC(=O)c4cn(Cc5ccc(F)cc5)c5ccccc5c4=O)(C1)C[C@@](C)(C3)C2.